The summed E-state index contributed by atoms with van der Waals surface area (Å²) in [5.41, 5.74) is 19.1. The smallest absolute Gasteiger partial charge is 0.0576 e. The van der Waals surface area contributed by atoms with Crippen molar-refractivity contribution >= 4 is 23.1 Å². The number of anilines is 2. The van der Waals surface area contributed by atoms with Crippen molar-refractivity contribution in [2.24, 2.45) is 0 Å². The molecule has 0 radical (unpaired) electrons. The zero-order valence-corrected chi connectivity index (χ0v) is 16.9. The Morgan fingerprint density at radius 2 is 0.793 bits per heavy atom. The molecule has 0 amide bonds. The highest BCUT2D eigenvalue weighted by Crippen LogP contribution is 2.49. The van der Waals surface area contributed by atoms with Crippen molar-refractivity contribution in [1.82, 2.24) is 0 Å². The first-order valence-corrected chi connectivity index (χ1v) is 10.6. The predicted octanol–water partition coefficient (Wildman–Crippen LogP) is 6.46. The van der Waals surface area contributed by atoms with Crippen LogP contribution in [-0.2, 0) is 0 Å². The van der Waals surface area contributed by atoms with Crippen molar-refractivity contribution in [3.8, 4) is 0 Å². The van der Waals surface area contributed by atoms with E-state index in [1.807, 2.05) is 48.2 Å². The average Bonchev–Trinajstić information content (AvgIpc) is 2.77. The number of rotatable bonds is 6. The van der Waals surface area contributed by atoms with E-state index in [9.17, 15) is 0 Å². The van der Waals surface area contributed by atoms with Crippen LogP contribution in [0.15, 0.2) is 109 Å². The van der Waals surface area contributed by atoms with Gasteiger partial charge in [0.25, 0.3) is 0 Å². The Hall–Kier alpha value is -3.17. The highest BCUT2D eigenvalue weighted by molar-refractivity contribution is 8.00. The van der Waals surface area contributed by atoms with Crippen LogP contribution in [0.2, 0.25) is 0 Å². The van der Waals surface area contributed by atoms with Gasteiger partial charge in [-0.25, -0.2) is 0 Å². The molecule has 0 bridgehead atoms. The molecule has 0 aliphatic rings. The summed E-state index contributed by atoms with van der Waals surface area (Å²) in [6, 6.07) is 37.3. The third-order valence-corrected chi connectivity index (χ3v) is 6.63. The van der Waals surface area contributed by atoms with Gasteiger partial charge in [-0.05, 0) is 34.4 Å². The monoisotopic (exact) mass is 396 g/mol. The topological polar surface area (TPSA) is 52.0 Å². The Balaban J connectivity index is 1.83. The first-order chi connectivity index (χ1) is 14.2. The maximum absolute atomic E-state index is 6.40. The minimum absolute atomic E-state index is 0.0854. The van der Waals surface area contributed by atoms with Gasteiger partial charge in [0.2, 0.25) is 0 Å². The van der Waals surface area contributed by atoms with Gasteiger partial charge in [0.05, 0.1) is 10.5 Å². The van der Waals surface area contributed by atoms with Gasteiger partial charge >= 0.3 is 0 Å². The van der Waals surface area contributed by atoms with E-state index in [1.54, 1.807) is 0 Å². The van der Waals surface area contributed by atoms with Crippen LogP contribution in [-0.4, -0.2) is 0 Å². The van der Waals surface area contributed by atoms with Crippen LogP contribution in [0, 0.1) is 0 Å². The molecule has 0 heterocycles. The quantitative estimate of drug-likeness (QED) is 0.368. The van der Waals surface area contributed by atoms with E-state index in [2.05, 4.69) is 72.8 Å². The molecule has 0 fully saturated rings. The van der Waals surface area contributed by atoms with Crippen molar-refractivity contribution in [2.75, 3.05) is 11.5 Å². The van der Waals surface area contributed by atoms with E-state index < -0.39 is 0 Å². The van der Waals surface area contributed by atoms with Crippen molar-refractivity contribution in [3.63, 3.8) is 0 Å². The summed E-state index contributed by atoms with van der Waals surface area (Å²) in [5.74, 6) is 0. The van der Waals surface area contributed by atoms with Gasteiger partial charge < -0.3 is 11.5 Å². The number of para-hydroxylation sites is 2. The zero-order valence-electron chi connectivity index (χ0n) is 16.1. The summed E-state index contributed by atoms with van der Waals surface area (Å²) in [5, 5.41) is 0.171. The van der Waals surface area contributed by atoms with E-state index in [0.717, 1.165) is 22.5 Å². The molecular weight excluding hydrogens is 372 g/mol. The number of hydrogen-bond donors (Lipinski definition) is 2. The second-order valence-electron chi connectivity index (χ2n) is 6.98. The molecule has 2 nitrogen and oxygen atoms in total. The molecule has 0 aromatic heterocycles. The fourth-order valence-corrected chi connectivity index (χ4v) is 5.18. The number of benzene rings is 4. The molecular formula is C26H24N2S. The van der Waals surface area contributed by atoms with Gasteiger partial charge in [0.1, 0.15) is 0 Å². The largest absolute Gasteiger partial charge is 0.398 e. The molecule has 4 N–H and O–H groups in total. The van der Waals surface area contributed by atoms with Gasteiger partial charge in [-0.2, -0.15) is 0 Å². The number of nitrogen functional groups attached to an aromatic ring is 2. The third kappa shape index (κ3) is 4.30. The maximum Gasteiger partial charge on any atom is 0.0576 e. The van der Waals surface area contributed by atoms with Crippen LogP contribution in [0.25, 0.3) is 0 Å². The van der Waals surface area contributed by atoms with Crippen LogP contribution in [0.4, 0.5) is 11.4 Å². The molecule has 4 aromatic carbocycles. The number of nitrogens with two attached hydrogens (primary N) is 2. The fraction of sp³-hybridized carbons (Fsp3) is 0.0769. The molecule has 0 aliphatic carbocycles. The predicted molar refractivity (Wildman–Crippen MR) is 126 cm³/mol. The molecule has 0 saturated carbocycles. The fourth-order valence-electron chi connectivity index (χ4n) is 3.55. The van der Waals surface area contributed by atoms with Gasteiger partial charge in [-0.1, -0.05) is 97.1 Å². The van der Waals surface area contributed by atoms with Crippen molar-refractivity contribution in [1.29, 1.82) is 0 Å². The average molecular weight is 397 g/mol. The van der Waals surface area contributed by atoms with Crippen LogP contribution in [0.5, 0.6) is 0 Å². The van der Waals surface area contributed by atoms with Crippen LogP contribution < -0.4 is 11.5 Å². The minimum Gasteiger partial charge on any atom is -0.398 e. The molecule has 144 valence electrons. The van der Waals surface area contributed by atoms with Crippen molar-refractivity contribution in [3.05, 3.63) is 131 Å². The lowest BCUT2D eigenvalue weighted by Gasteiger charge is -2.27. The summed E-state index contributed by atoms with van der Waals surface area (Å²) in [6.45, 7) is 0. The van der Waals surface area contributed by atoms with E-state index in [0.29, 0.717) is 0 Å². The molecule has 0 aliphatic heterocycles. The summed E-state index contributed by atoms with van der Waals surface area (Å²) in [6.07, 6.45) is 0. The minimum atomic E-state index is 0.0854. The lowest BCUT2D eigenvalue weighted by Crippen LogP contribution is -2.07. The van der Waals surface area contributed by atoms with Gasteiger partial charge in [0, 0.05) is 11.4 Å². The summed E-state index contributed by atoms with van der Waals surface area (Å²) in [4.78, 5) is 0. The molecule has 29 heavy (non-hydrogen) atoms. The third-order valence-electron chi connectivity index (χ3n) is 5.03. The Bertz CT molecular complexity index is 977. The first kappa shape index (κ1) is 19.2. The molecule has 2 atom stereocenters. The van der Waals surface area contributed by atoms with Crippen LogP contribution in [0.3, 0.4) is 0 Å². The molecule has 4 aromatic rings. The second kappa shape index (κ2) is 8.89. The number of thioether (sulfide) groups is 1. The molecule has 0 spiro atoms. The SMILES string of the molecule is Nc1ccccc1C(SC(c1ccccc1)c1ccccc1N)c1ccccc1. The lowest BCUT2D eigenvalue weighted by molar-refractivity contribution is 1.10. The Morgan fingerprint density at radius 3 is 1.17 bits per heavy atom. The summed E-state index contributed by atoms with van der Waals surface area (Å²) in [7, 11) is 0. The van der Waals surface area contributed by atoms with Crippen LogP contribution in [0.1, 0.15) is 32.8 Å². The second-order valence-corrected chi connectivity index (χ2v) is 8.19. The zero-order chi connectivity index (χ0) is 20.1. The molecule has 2 unspecified atom stereocenters. The first-order valence-electron chi connectivity index (χ1n) is 9.68. The lowest BCUT2D eigenvalue weighted by atomic mass is 10.0. The van der Waals surface area contributed by atoms with Crippen molar-refractivity contribution < 1.29 is 0 Å². The molecule has 3 heteroatoms. The Kier molecular flexibility index (Phi) is 5.87. The molecule has 0 saturated heterocycles. The van der Waals surface area contributed by atoms with Gasteiger partial charge in [0.15, 0.2) is 0 Å². The van der Waals surface area contributed by atoms with Crippen LogP contribution >= 0.6 is 11.8 Å². The van der Waals surface area contributed by atoms with Gasteiger partial charge in [-0.15, -0.1) is 11.8 Å². The standard InChI is InChI=1S/C26H24N2S/c27-23-17-9-7-15-21(23)25(19-11-3-1-4-12-19)29-26(20-13-5-2-6-14-20)22-16-8-10-18-24(22)28/h1-18,25-26H,27-28H2. The van der Waals surface area contributed by atoms with E-state index in [-0.39, 0.29) is 10.5 Å². The highest BCUT2D eigenvalue weighted by atomic mass is 32.2. The van der Waals surface area contributed by atoms with Gasteiger partial charge in [-0.3, -0.25) is 0 Å². The number of hydrogen-bond acceptors (Lipinski definition) is 3. The van der Waals surface area contributed by atoms with E-state index in [4.69, 9.17) is 11.5 Å². The maximum atomic E-state index is 6.40. The van der Waals surface area contributed by atoms with Crippen molar-refractivity contribution in [2.45, 2.75) is 10.5 Å². The summed E-state index contributed by atoms with van der Waals surface area (Å²) >= 11 is 1.87. The van der Waals surface area contributed by atoms with E-state index >= 15 is 0 Å². The van der Waals surface area contributed by atoms with E-state index in [1.165, 1.54) is 11.1 Å². The normalized spacial score (nSPS) is 13.0. The Labute approximate surface area is 176 Å². The molecule has 4 rings (SSSR count). The highest BCUT2D eigenvalue weighted by Gasteiger charge is 2.25. The summed E-state index contributed by atoms with van der Waals surface area (Å²) < 4.78 is 0. The Morgan fingerprint density at radius 1 is 0.448 bits per heavy atom.